The van der Waals surface area contributed by atoms with Crippen molar-refractivity contribution in [3.05, 3.63) is 208 Å². The number of hydrogen-bond donors (Lipinski definition) is 0. The zero-order valence-electron chi connectivity index (χ0n) is 40.1. The Morgan fingerprint density at radius 1 is 0.400 bits per heavy atom. The van der Waals surface area contributed by atoms with Crippen LogP contribution in [0, 0.1) is 20.8 Å². The second-order valence-corrected chi connectivity index (χ2v) is 21.7. The van der Waals surface area contributed by atoms with E-state index < -0.39 is 0 Å². The van der Waals surface area contributed by atoms with Crippen LogP contribution in [0.25, 0.3) is 32.3 Å². The number of nitrogens with zero attached hydrogens (tertiary/aromatic N) is 6. The zero-order chi connectivity index (χ0) is 48.8. The molecule has 1 atom stereocenters. The molecule has 3 aliphatic rings. The largest absolute Gasteiger partial charge is 0.342 e. The maximum absolute atomic E-state index is 7.35. The van der Waals surface area contributed by atoms with Crippen molar-refractivity contribution in [2.45, 2.75) is 59.7 Å². The van der Waals surface area contributed by atoms with Crippen molar-refractivity contribution in [2.75, 3.05) is 46.7 Å². The number of quaternary nitrogens is 1. The average Bonchev–Trinajstić information content (AvgIpc) is 3.89. The van der Waals surface area contributed by atoms with Gasteiger partial charge in [0.2, 0.25) is 5.16 Å². The molecule has 10 rings (SSSR count). The van der Waals surface area contributed by atoms with Crippen LogP contribution in [0.1, 0.15) is 50.1 Å². The number of rotatable bonds is 15. The monoisotopic (exact) mass is 1050 g/mol. The van der Waals surface area contributed by atoms with Crippen molar-refractivity contribution < 1.29 is 4.48 Å². The van der Waals surface area contributed by atoms with Crippen molar-refractivity contribution in [2.24, 2.45) is 0 Å². The van der Waals surface area contributed by atoms with Crippen LogP contribution >= 0.6 is 69.6 Å². The minimum Gasteiger partial charge on any atom is -0.342 e. The number of halogens is 6. The second-order valence-electron chi connectivity index (χ2n) is 19.5. The van der Waals surface area contributed by atoms with Crippen molar-refractivity contribution in [1.29, 1.82) is 0 Å². The number of benzene rings is 7. The number of hydrogen-bond acceptors (Lipinski definition) is 5. The topological polar surface area (TPSA) is 16.2 Å². The Kier molecular flexibility index (Phi) is 14.2. The molecule has 0 bridgehead atoms. The first-order valence-electron chi connectivity index (χ1n) is 24.0. The molecule has 360 valence electrons. The molecule has 0 amide bonds. The molecule has 0 spiro atoms. The van der Waals surface area contributed by atoms with Crippen molar-refractivity contribution in [1.82, 2.24) is 24.5 Å². The van der Waals surface area contributed by atoms with Crippen LogP contribution in [0.3, 0.4) is 0 Å². The van der Waals surface area contributed by atoms with E-state index in [1.165, 1.54) is 82.4 Å². The molecule has 70 heavy (non-hydrogen) atoms. The van der Waals surface area contributed by atoms with Crippen LogP contribution in [-0.4, -0.2) is 75.7 Å². The third-order valence-corrected chi connectivity index (χ3v) is 17.9. The molecule has 1 unspecified atom stereocenters. The van der Waals surface area contributed by atoms with Crippen LogP contribution in [0.5, 0.6) is 0 Å². The summed E-state index contributed by atoms with van der Waals surface area (Å²) < 4.78 is 0.444. The van der Waals surface area contributed by atoms with Crippen LogP contribution in [0.2, 0.25) is 0 Å². The van der Waals surface area contributed by atoms with Gasteiger partial charge in [-0.25, -0.2) is 0 Å². The number of fused-ring (bicyclic) bond motifs is 3. The van der Waals surface area contributed by atoms with Crippen molar-refractivity contribution >= 4 is 102 Å². The highest BCUT2D eigenvalue weighted by Gasteiger charge is 2.42. The lowest BCUT2D eigenvalue weighted by Crippen LogP contribution is -2.43. The first-order valence-corrected chi connectivity index (χ1v) is 26.3. The van der Waals surface area contributed by atoms with Gasteiger partial charge in [-0.15, -0.1) is 0 Å². The van der Waals surface area contributed by atoms with Gasteiger partial charge in [0.15, 0.2) is 11.8 Å². The van der Waals surface area contributed by atoms with E-state index in [2.05, 4.69) is 180 Å². The molecule has 3 heterocycles. The molecule has 0 saturated carbocycles. The highest BCUT2D eigenvalue weighted by Crippen LogP contribution is 2.42. The zero-order valence-corrected chi connectivity index (χ0v) is 44.6. The highest BCUT2D eigenvalue weighted by atomic mass is 35.5. The van der Waals surface area contributed by atoms with Gasteiger partial charge >= 0.3 is 0 Å². The van der Waals surface area contributed by atoms with E-state index in [1.54, 1.807) is 0 Å². The van der Waals surface area contributed by atoms with Crippen molar-refractivity contribution in [3.8, 4) is 0 Å². The minimum atomic E-state index is 0.444. The van der Waals surface area contributed by atoms with Gasteiger partial charge in [0.05, 0.1) is 20.4 Å². The molecule has 0 aromatic heterocycles. The molecule has 12 heteroatoms. The van der Waals surface area contributed by atoms with Gasteiger partial charge in [-0.1, -0.05) is 185 Å². The summed E-state index contributed by atoms with van der Waals surface area (Å²) in [6, 6.07) is 45.4. The third-order valence-electron chi connectivity index (χ3n) is 14.9. The van der Waals surface area contributed by atoms with Gasteiger partial charge in [-0.3, -0.25) is 4.48 Å². The summed E-state index contributed by atoms with van der Waals surface area (Å²) in [5, 5.41) is 10.9. The van der Waals surface area contributed by atoms with Crippen LogP contribution in [-0.2, 0) is 38.9 Å². The molecule has 3 aliphatic heterocycles. The lowest BCUT2D eigenvalue weighted by atomic mass is 9.87. The van der Waals surface area contributed by atoms with Gasteiger partial charge in [0.1, 0.15) is 27.2 Å². The van der Waals surface area contributed by atoms with Crippen molar-refractivity contribution in [3.63, 3.8) is 0 Å². The van der Waals surface area contributed by atoms with Crippen LogP contribution < -0.4 is 0 Å². The molecule has 7 aromatic rings. The maximum Gasteiger partial charge on any atom is 0.238 e. The molecule has 0 fully saturated rings. The molecule has 0 N–H and O–H groups in total. The third kappa shape index (κ3) is 9.78. The minimum absolute atomic E-state index is 0.444. The summed E-state index contributed by atoms with van der Waals surface area (Å²) in [6.45, 7) is 12.6. The van der Waals surface area contributed by atoms with Crippen LogP contribution in [0.15, 0.2) is 158 Å². The Bertz CT molecular complexity index is 3110. The summed E-state index contributed by atoms with van der Waals surface area (Å²) in [5.74, 6) is 0. The first-order chi connectivity index (χ1) is 33.7. The predicted molar refractivity (Wildman–Crippen MR) is 295 cm³/mol. The van der Waals surface area contributed by atoms with E-state index >= 15 is 0 Å². The molecule has 7 aromatic carbocycles. The average molecular weight is 1050 g/mol. The molecule has 6 nitrogen and oxygen atoms in total. The van der Waals surface area contributed by atoms with Gasteiger partial charge in [-0.2, -0.15) is 0 Å². The smallest absolute Gasteiger partial charge is 0.238 e. The normalized spacial score (nSPS) is 17.7. The lowest BCUT2D eigenvalue weighted by Gasteiger charge is -2.34. The Balaban J connectivity index is 0.912. The van der Waals surface area contributed by atoms with E-state index in [4.69, 9.17) is 69.6 Å². The standard InChI is InChI=1S/C58H57Cl6N6/c1-38-50(32-68-35-65(53(59)55(68)61)26-23-41-17-20-44-11-5-8-14-47(44)29-41)39(2)52(34-70(4)37-67(57(63)58(70)64)28-25-43-19-22-46-13-7-10-16-49(46)31-43)40(3)51(38)33-69-36-66(54(60)56(69)62)27-24-42-18-21-45-12-6-9-15-48(45)30-42/h5-22,29-31H,23-28,32-37H2,1-4H3/q+1. The lowest BCUT2D eigenvalue weighted by molar-refractivity contribution is -0.881. The Labute approximate surface area is 442 Å². The molecule has 0 saturated heterocycles. The predicted octanol–water partition coefficient (Wildman–Crippen LogP) is 15.0. The second kappa shape index (κ2) is 20.4. The quantitative estimate of drug-likeness (QED) is 0.0749. The first kappa shape index (κ1) is 48.8. The molecular weight excluding hydrogens is 993 g/mol. The van der Waals surface area contributed by atoms with Gasteiger partial charge in [0.25, 0.3) is 0 Å². The summed E-state index contributed by atoms with van der Waals surface area (Å²) in [4.78, 5) is 11.0. The summed E-state index contributed by atoms with van der Waals surface area (Å²) in [5.41, 5.74) is 11.1. The van der Waals surface area contributed by atoms with E-state index in [0.29, 0.717) is 75.1 Å². The summed E-state index contributed by atoms with van der Waals surface area (Å²) in [6.07, 6.45) is 2.53. The molecular formula is C58H57Cl6N6+. The van der Waals surface area contributed by atoms with Gasteiger partial charge < -0.3 is 24.5 Å². The highest BCUT2D eigenvalue weighted by molar-refractivity contribution is 6.39. The SMILES string of the molecule is Cc1c(CN2CN(CCc3ccc4ccccc4c3)C(Cl)=C2Cl)c(C)c(C[N+]2(C)CN(CCc3ccc4ccccc4c3)C(Cl)=C2Cl)c(C)c1CN1CN(CCc2ccc3ccccc3c2)C(Cl)=C1Cl. The van der Waals surface area contributed by atoms with Gasteiger partial charge in [-0.05, 0) is 128 Å². The molecule has 0 aliphatic carbocycles. The fourth-order valence-corrected chi connectivity index (χ4v) is 12.3. The van der Waals surface area contributed by atoms with E-state index in [9.17, 15) is 0 Å². The van der Waals surface area contributed by atoms with E-state index in [0.717, 1.165) is 38.9 Å². The maximum atomic E-state index is 7.35. The fraction of sp³-hybridized carbons (Fsp3) is 0.276. The molecule has 0 radical (unpaired) electrons. The summed E-state index contributed by atoms with van der Waals surface area (Å²) in [7, 11) is 2.19. The fourth-order valence-electron chi connectivity index (χ4n) is 10.7. The van der Waals surface area contributed by atoms with E-state index in [-0.39, 0.29) is 0 Å². The van der Waals surface area contributed by atoms with Crippen LogP contribution in [0.4, 0.5) is 0 Å². The van der Waals surface area contributed by atoms with Gasteiger partial charge in [0, 0.05) is 38.3 Å². The Hall–Kier alpha value is -4.76. The Morgan fingerprint density at radius 3 is 1.14 bits per heavy atom. The summed E-state index contributed by atoms with van der Waals surface area (Å²) >= 11 is 43.1. The van der Waals surface area contributed by atoms with E-state index in [1.807, 2.05) is 0 Å². The Morgan fingerprint density at radius 2 is 0.743 bits per heavy atom.